The molecule has 180 valence electrons. The monoisotopic (exact) mass is 480 g/mol. The van der Waals surface area contributed by atoms with Crippen molar-refractivity contribution in [2.24, 2.45) is 4.99 Å². The second-order valence-electron chi connectivity index (χ2n) is 9.03. The van der Waals surface area contributed by atoms with Crippen LogP contribution in [0.2, 0.25) is 0 Å². The van der Waals surface area contributed by atoms with E-state index >= 15 is 0 Å². The fraction of sp³-hybridized carbons (Fsp3) is 0.207. The molecule has 0 bridgehead atoms. The Hall–Kier alpha value is -4.39. The summed E-state index contributed by atoms with van der Waals surface area (Å²) < 4.78 is 11.5. The number of carbonyl (C=O) groups is 2. The van der Waals surface area contributed by atoms with Crippen LogP contribution in [0.25, 0.3) is 6.08 Å². The number of nitrogens with zero attached hydrogens (tertiary/aromatic N) is 2. The predicted molar refractivity (Wildman–Crippen MR) is 135 cm³/mol. The SMILES string of the molecule is O=C(O)c1ccc(/C=C/C(=O)N2CCC3C(=Nc4ccccc43)C2c2ccc3c(c2)OCCO3)cc1. The van der Waals surface area contributed by atoms with Crippen LogP contribution in [0.3, 0.4) is 0 Å². The van der Waals surface area contributed by atoms with E-state index in [0.717, 1.165) is 28.9 Å². The Balaban J connectivity index is 1.34. The molecule has 2 unspecified atom stereocenters. The molecule has 7 heteroatoms. The Morgan fingerprint density at radius 2 is 1.75 bits per heavy atom. The molecule has 0 spiro atoms. The third-order valence-corrected chi connectivity index (χ3v) is 6.91. The van der Waals surface area contributed by atoms with Crippen LogP contribution in [-0.4, -0.2) is 47.4 Å². The van der Waals surface area contributed by atoms with Crippen LogP contribution in [0.15, 0.2) is 77.8 Å². The van der Waals surface area contributed by atoms with Gasteiger partial charge in [0.25, 0.3) is 0 Å². The zero-order valence-electron chi connectivity index (χ0n) is 19.5. The van der Waals surface area contributed by atoms with E-state index in [9.17, 15) is 9.59 Å². The zero-order valence-corrected chi connectivity index (χ0v) is 19.5. The van der Waals surface area contributed by atoms with Crippen molar-refractivity contribution in [1.29, 1.82) is 0 Å². The van der Waals surface area contributed by atoms with Crippen LogP contribution < -0.4 is 9.47 Å². The highest BCUT2D eigenvalue weighted by Crippen LogP contribution is 2.47. The summed E-state index contributed by atoms with van der Waals surface area (Å²) >= 11 is 0. The number of ether oxygens (including phenoxy) is 2. The van der Waals surface area contributed by atoms with E-state index in [1.165, 1.54) is 17.7 Å². The molecule has 3 heterocycles. The maximum atomic E-state index is 13.5. The molecule has 0 aliphatic carbocycles. The van der Waals surface area contributed by atoms with Crippen LogP contribution in [0, 0.1) is 0 Å². The number of rotatable bonds is 4. The molecular formula is C29H24N2O5. The van der Waals surface area contributed by atoms with Gasteiger partial charge in [0, 0.05) is 18.5 Å². The lowest BCUT2D eigenvalue weighted by Gasteiger charge is -2.39. The maximum absolute atomic E-state index is 13.5. The van der Waals surface area contributed by atoms with Gasteiger partial charge in [-0.3, -0.25) is 9.79 Å². The Bertz CT molecular complexity index is 1410. The maximum Gasteiger partial charge on any atom is 0.335 e. The van der Waals surface area contributed by atoms with Crippen molar-refractivity contribution >= 4 is 29.4 Å². The van der Waals surface area contributed by atoms with E-state index in [2.05, 4.69) is 6.07 Å². The lowest BCUT2D eigenvalue weighted by Crippen LogP contribution is -2.44. The van der Waals surface area contributed by atoms with Crippen molar-refractivity contribution in [3.8, 4) is 11.5 Å². The van der Waals surface area contributed by atoms with Gasteiger partial charge in [-0.1, -0.05) is 36.4 Å². The van der Waals surface area contributed by atoms with Crippen molar-refractivity contribution in [2.45, 2.75) is 18.4 Å². The van der Waals surface area contributed by atoms with Crippen molar-refractivity contribution in [3.05, 3.63) is 95.1 Å². The molecule has 7 nitrogen and oxygen atoms in total. The summed E-state index contributed by atoms with van der Waals surface area (Å²) in [7, 11) is 0. The number of amides is 1. The number of hydrogen-bond donors (Lipinski definition) is 1. The number of piperidine rings is 1. The Kier molecular flexibility index (Phi) is 5.52. The number of carboxylic acids is 1. The summed E-state index contributed by atoms with van der Waals surface area (Å²) in [6.07, 6.45) is 4.06. The first-order valence-electron chi connectivity index (χ1n) is 12.0. The minimum Gasteiger partial charge on any atom is -0.486 e. The van der Waals surface area contributed by atoms with Gasteiger partial charge in [0.2, 0.25) is 5.91 Å². The third-order valence-electron chi connectivity index (χ3n) is 6.91. The van der Waals surface area contributed by atoms with Gasteiger partial charge in [-0.2, -0.15) is 0 Å². The molecule has 3 aromatic rings. The molecule has 1 saturated heterocycles. The van der Waals surface area contributed by atoms with Gasteiger partial charge in [-0.25, -0.2) is 4.79 Å². The molecule has 1 N–H and O–H groups in total. The van der Waals surface area contributed by atoms with Crippen LogP contribution in [0.5, 0.6) is 11.5 Å². The molecule has 36 heavy (non-hydrogen) atoms. The Labute approximate surface area is 208 Å². The van der Waals surface area contributed by atoms with Crippen LogP contribution in [0.1, 0.15) is 45.4 Å². The van der Waals surface area contributed by atoms with E-state index in [1.54, 1.807) is 24.3 Å². The van der Waals surface area contributed by atoms with Gasteiger partial charge in [-0.15, -0.1) is 0 Å². The highest BCUT2D eigenvalue weighted by atomic mass is 16.6. The van der Waals surface area contributed by atoms with E-state index in [1.807, 2.05) is 41.3 Å². The molecular weight excluding hydrogens is 456 g/mol. The Morgan fingerprint density at radius 3 is 2.56 bits per heavy atom. The van der Waals surface area contributed by atoms with Crippen molar-refractivity contribution in [1.82, 2.24) is 4.90 Å². The summed E-state index contributed by atoms with van der Waals surface area (Å²) in [5.41, 5.74) is 5.03. The number of likely N-dealkylation sites (tertiary alicyclic amines) is 1. The zero-order chi connectivity index (χ0) is 24.6. The summed E-state index contributed by atoms with van der Waals surface area (Å²) in [5, 5.41) is 9.11. The number of aromatic carboxylic acids is 1. The van der Waals surface area contributed by atoms with Crippen molar-refractivity contribution < 1.29 is 24.2 Å². The van der Waals surface area contributed by atoms with Crippen LogP contribution >= 0.6 is 0 Å². The number of para-hydroxylation sites is 1. The van der Waals surface area contributed by atoms with Gasteiger partial charge >= 0.3 is 5.97 Å². The fourth-order valence-corrected chi connectivity index (χ4v) is 5.19. The standard InChI is InChI=1S/C29H24N2O5/c32-26(12-7-18-5-8-19(9-6-18)29(33)34)31-14-13-22-21-3-1-2-4-23(21)30-27(22)28(31)20-10-11-24-25(17-20)36-16-15-35-24/h1-12,17,22,28H,13-16H2,(H,33,34)/b12-7+. The molecule has 3 aliphatic heterocycles. The molecule has 6 rings (SSSR count). The van der Waals surface area contributed by atoms with Crippen LogP contribution in [0.4, 0.5) is 5.69 Å². The minimum atomic E-state index is -0.981. The summed E-state index contributed by atoms with van der Waals surface area (Å²) in [4.78, 5) is 31.5. The second-order valence-corrected chi connectivity index (χ2v) is 9.03. The first-order valence-corrected chi connectivity index (χ1v) is 12.0. The lowest BCUT2D eigenvalue weighted by molar-refractivity contribution is -0.127. The lowest BCUT2D eigenvalue weighted by atomic mass is 9.82. The number of aliphatic imine (C=N–C) groups is 1. The summed E-state index contributed by atoms with van der Waals surface area (Å²) in [6.45, 7) is 1.59. The third kappa shape index (κ3) is 3.92. The smallest absolute Gasteiger partial charge is 0.335 e. The largest absolute Gasteiger partial charge is 0.486 e. The number of hydrogen-bond acceptors (Lipinski definition) is 5. The normalized spacial score (nSPS) is 20.0. The van der Waals surface area contributed by atoms with E-state index in [4.69, 9.17) is 19.6 Å². The van der Waals surface area contributed by atoms with Gasteiger partial charge in [-0.05, 0) is 59.5 Å². The average molecular weight is 481 g/mol. The number of carbonyl (C=O) groups excluding carboxylic acids is 1. The van der Waals surface area contributed by atoms with E-state index in [-0.39, 0.29) is 23.4 Å². The van der Waals surface area contributed by atoms with E-state index in [0.29, 0.717) is 31.3 Å². The first-order chi connectivity index (χ1) is 17.6. The topological polar surface area (TPSA) is 88.4 Å². The Morgan fingerprint density at radius 1 is 0.972 bits per heavy atom. The highest BCUT2D eigenvalue weighted by Gasteiger charge is 2.41. The molecule has 3 aromatic carbocycles. The van der Waals surface area contributed by atoms with Crippen molar-refractivity contribution in [3.63, 3.8) is 0 Å². The molecule has 3 aliphatic rings. The summed E-state index contributed by atoms with van der Waals surface area (Å²) in [6, 6.07) is 20.1. The number of carboxylic acid groups (broad SMARTS) is 1. The highest BCUT2D eigenvalue weighted by molar-refractivity contribution is 6.06. The molecule has 1 amide bonds. The van der Waals surface area contributed by atoms with Gasteiger partial charge in [0.05, 0.1) is 23.0 Å². The fourth-order valence-electron chi connectivity index (χ4n) is 5.19. The average Bonchev–Trinajstić information content (AvgIpc) is 3.30. The number of fused-ring (bicyclic) bond motifs is 4. The molecule has 0 radical (unpaired) electrons. The quantitative estimate of drug-likeness (QED) is 0.530. The first kappa shape index (κ1) is 22.1. The van der Waals surface area contributed by atoms with Crippen LogP contribution in [-0.2, 0) is 4.79 Å². The summed E-state index contributed by atoms with van der Waals surface area (Å²) in [5.74, 6) is 0.436. The molecule has 2 atom stereocenters. The van der Waals surface area contributed by atoms with Gasteiger partial charge < -0.3 is 19.5 Å². The van der Waals surface area contributed by atoms with Crippen molar-refractivity contribution in [2.75, 3.05) is 19.8 Å². The predicted octanol–water partition coefficient (Wildman–Crippen LogP) is 5.01. The minimum absolute atomic E-state index is 0.130. The van der Waals surface area contributed by atoms with Gasteiger partial charge in [0.1, 0.15) is 13.2 Å². The molecule has 0 aromatic heterocycles. The number of benzene rings is 3. The molecule has 1 fully saturated rings. The second kappa shape index (κ2) is 9.00. The van der Waals surface area contributed by atoms with Gasteiger partial charge in [0.15, 0.2) is 11.5 Å². The molecule has 0 saturated carbocycles. The van der Waals surface area contributed by atoms with E-state index < -0.39 is 5.97 Å².